The Morgan fingerprint density at radius 3 is 2.83 bits per heavy atom. The normalized spacial score (nSPS) is 11.4. The summed E-state index contributed by atoms with van der Waals surface area (Å²) < 4.78 is 1.76. The highest BCUT2D eigenvalue weighted by Gasteiger charge is 2.15. The molecular weight excluding hydrogens is 433 g/mol. The van der Waals surface area contributed by atoms with Crippen LogP contribution in [0.5, 0.6) is 0 Å². The number of hydrogen-bond donors (Lipinski definition) is 1. The van der Waals surface area contributed by atoms with Gasteiger partial charge >= 0.3 is 0 Å². The van der Waals surface area contributed by atoms with Crippen molar-refractivity contribution >= 4 is 52.1 Å². The van der Waals surface area contributed by atoms with Gasteiger partial charge in [-0.15, -0.1) is 0 Å². The van der Waals surface area contributed by atoms with Crippen molar-refractivity contribution < 1.29 is 0 Å². The Hall–Kier alpha value is -1.80. The topological polar surface area (TPSA) is 50.7 Å². The average molecular weight is 447 g/mol. The fraction of sp³-hybridized carbons (Fsp3) is 0.111. The Bertz CT molecular complexity index is 1100. The molecule has 4 nitrogen and oxygen atoms in total. The van der Waals surface area contributed by atoms with Crippen LogP contribution in [0.3, 0.4) is 0 Å². The second-order valence-corrected chi connectivity index (χ2v) is 7.69. The minimum atomic E-state index is -0.0151. The maximum absolute atomic E-state index is 12.9. The van der Waals surface area contributed by atoms with E-state index < -0.39 is 0 Å². The molecule has 0 amide bonds. The Labute approximate surface area is 154 Å². The average Bonchev–Trinajstić information content (AvgIpc) is 2.97. The third-order valence-corrected chi connectivity index (χ3v) is 5.96. The van der Waals surface area contributed by atoms with Crippen molar-refractivity contribution in [2.24, 2.45) is 0 Å². The van der Waals surface area contributed by atoms with E-state index in [9.17, 15) is 4.79 Å². The molecule has 0 atom stereocenters. The zero-order valence-corrected chi connectivity index (χ0v) is 15.9. The lowest BCUT2D eigenvalue weighted by atomic mass is 10.2. The summed E-state index contributed by atoms with van der Waals surface area (Å²) in [7, 11) is 1.62. The summed E-state index contributed by atoms with van der Waals surface area (Å²) in [5.41, 5.74) is 3.56. The second kappa shape index (κ2) is 6.25. The molecule has 0 unspecified atom stereocenters. The third kappa shape index (κ3) is 2.63. The standard InChI is InChI=1S/C18H14IN3OS/c1-11-7-13-15-14(24-19)10-22(9-12-5-3-2-4-6-12)18(23)16(15)21-17(13)20-8-11/h2-8,10H,9H2,1H3,(H,20,21). The number of benzene rings is 1. The van der Waals surface area contributed by atoms with E-state index in [4.69, 9.17) is 0 Å². The zero-order chi connectivity index (χ0) is 16.7. The Balaban J connectivity index is 1.99. The van der Waals surface area contributed by atoms with E-state index >= 15 is 0 Å². The van der Waals surface area contributed by atoms with E-state index in [0.29, 0.717) is 12.1 Å². The van der Waals surface area contributed by atoms with Crippen LogP contribution in [0, 0.1) is 6.92 Å². The number of aromatic amines is 1. The lowest BCUT2D eigenvalue weighted by Gasteiger charge is -2.09. The van der Waals surface area contributed by atoms with Crippen molar-refractivity contribution in [3.63, 3.8) is 0 Å². The Morgan fingerprint density at radius 1 is 1.29 bits per heavy atom. The number of H-pyrrole nitrogens is 1. The smallest absolute Gasteiger partial charge is 0.275 e. The van der Waals surface area contributed by atoms with Crippen LogP contribution in [0.25, 0.3) is 21.9 Å². The number of aryl methyl sites for hydroxylation is 1. The van der Waals surface area contributed by atoms with Crippen LogP contribution >= 0.6 is 30.1 Å². The maximum atomic E-state index is 12.9. The van der Waals surface area contributed by atoms with Crippen LogP contribution in [0.1, 0.15) is 11.1 Å². The van der Waals surface area contributed by atoms with E-state index in [1.807, 2.05) is 49.6 Å². The summed E-state index contributed by atoms with van der Waals surface area (Å²) in [4.78, 5) is 21.7. The number of fused-ring (bicyclic) bond motifs is 3. The van der Waals surface area contributed by atoms with E-state index in [1.54, 1.807) is 13.5 Å². The molecule has 0 radical (unpaired) electrons. The van der Waals surface area contributed by atoms with Crippen molar-refractivity contribution in [2.75, 3.05) is 0 Å². The molecule has 0 aliphatic carbocycles. The van der Waals surface area contributed by atoms with Crippen LogP contribution in [-0.4, -0.2) is 14.5 Å². The summed E-state index contributed by atoms with van der Waals surface area (Å²) in [6, 6.07) is 12.1. The van der Waals surface area contributed by atoms with Crippen LogP contribution in [0.2, 0.25) is 0 Å². The third-order valence-electron chi connectivity index (χ3n) is 4.06. The number of hydrogen-bond acceptors (Lipinski definition) is 3. The molecule has 4 rings (SSSR count). The van der Waals surface area contributed by atoms with Gasteiger partial charge in [-0.3, -0.25) is 4.79 Å². The summed E-state index contributed by atoms with van der Waals surface area (Å²) in [5.74, 6) is 0. The van der Waals surface area contributed by atoms with Crippen LogP contribution in [0.4, 0.5) is 0 Å². The number of pyridine rings is 2. The van der Waals surface area contributed by atoms with E-state index in [1.165, 1.54) is 0 Å². The highest BCUT2D eigenvalue weighted by atomic mass is 127. The molecule has 120 valence electrons. The fourth-order valence-electron chi connectivity index (χ4n) is 2.96. The van der Waals surface area contributed by atoms with Gasteiger partial charge in [0.1, 0.15) is 11.2 Å². The highest BCUT2D eigenvalue weighted by Crippen LogP contribution is 2.35. The van der Waals surface area contributed by atoms with E-state index in [0.717, 1.165) is 32.4 Å². The Morgan fingerprint density at radius 2 is 2.08 bits per heavy atom. The van der Waals surface area contributed by atoms with Gasteiger partial charge < -0.3 is 9.55 Å². The predicted molar refractivity (Wildman–Crippen MR) is 108 cm³/mol. The van der Waals surface area contributed by atoms with Crippen LogP contribution in [0.15, 0.2) is 58.5 Å². The second-order valence-electron chi connectivity index (χ2n) is 5.77. The molecule has 0 spiro atoms. The molecule has 24 heavy (non-hydrogen) atoms. The van der Waals surface area contributed by atoms with E-state index in [-0.39, 0.29) is 5.56 Å². The van der Waals surface area contributed by atoms with Crippen molar-refractivity contribution in [3.8, 4) is 0 Å². The van der Waals surface area contributed by atoms with Gasteiger partial charge in [0.05, 0.1) is 6.54 Å². The SMILES string of the molecule is Cc1cnc2[nH]c3c(=O)n(Cc4ccccc4)cc(SI)c3c2c1. The number of nitrogens with one attached hydrogen (secondary N) is 1. The molecule has 0 aliphatic heterocycles. The van der Waals surface area contributed by atoms with Crippen molar-refractivity contribution in [3.05, 3.63) is 70.3 Å². The van der Waals surface area contributed by atoms with Crippen molar-refractivity contribution in [1.29, 1.82) is 0 Å². The first-order valence-electron chi connectivity index (χ1n) is 7.51. The Kier molecular flexibility index (Phi) is 4.09. The molecular formula is C18H14IN3OS. The molecule has 0 bridgehead atoms. The minimum Gasteiger partial charge on any atom is -0.335 e. The molecule has 3 aromatic heterocycles. The summed E-state index contributed by atoms with van der Waals surface area (Å²) in [6.07, 6.45) is 3.77. The first-order valence-corrected chi connectivity index (χ1v) is 10.9. The molecule has 0 aliphatic rings. The molecule has 3 heterocycles. The predicted octanol–water partition coefficient (Wildman–Crippen LogP) is 4.68. The highest BCUT2D eigenvalue weighted by molar-refractivity contribution is 14.2. The first kappa shape index (κ1) is 15.7. The molecule has 1 N–H and O–H groups in total. The molecule has 0 fully saturated rings. The number of halogens is 1. The lowest BCUT2D eigenvalue weighted by Crippen LogP contribution is -2.20. The molecule has 6 heteroatoms. The fourth-order valence-corrected chi connectivity index (χ4v) is 4.41. The van der Waals surface area contributed by atoms with Gasteiger partial charge in [-0.05, 0) is 24.1 Å². The molecule has 4 aromatic rings. The minimum absolute atomic E-state index is 0.0151. The van der Waals surface area contributed by atoms with Crippen LogP contribution < -0.4 is 5.56 Å². The van der Waals surface area contributed by atoms with Gasteiger partial charge in [0, 0.05) is 49.3 Å². The zero-order valence-electron chi connectivity index (χ0n) is 12.9. The molecule has 0 saturated carbocycles. The summed E-state index contributed by atoms with van der Waals surface area (Å²) in [6.45, 7) is 2.57. The van der Waals surface area contributed by atoms with E-state index in [2.05, 4.69) is 37.2 Å². The van der Waals surface area contributed by atoms with Gasteiger partial charge in [0.25, 0.3) is 5.56 Å². The number of nitrogens with zero attached hydrogens (tertiary/aromatic N) is 2. The number of rotatable bonds is 3. The molecule has 1 aromatic carbocycles. The van der Waals surface area contributed by atoms with Crippen molar-refractivity contribution in [1.82, 2.24) is 14.5 Å². The number of aromatic nitrogens is 3. The summed E-state index contributed by atoms with van der Waals surface area (Å²) in [5, 5.41) is 1.98. The van der Waals surface area contributed by atoms with Crippen LogP contribution in [-0.2, 0) is 6.54 Å². The maximum Gasteiger partial charge on any atom is 0.275 e. The first-order chi connectivity index (χ1) is 11.7. The quantitative estimate of drug-likeness (QED) is 0.465. The van der Waals surface area contributed by atoms with Gasteiger partial charge in [0.15, 0.2) is 0 Å². The lowest BCUT2D eigenvalue weighted by molar-refractivity contribution is 0.756. The monoisotopic (exact) mass is 447 g/mol. The van der Waals surface area contributed by atoms with Gasteiger partial charge in [-0.25, -0.2) is 4.98 Å². The molecule has 0 saturated heterocycles. The summed E-state index contributed by atoms with van der Waals surface area (Å²) >= 11 is 2.27. The van der Waals surface area contributed by atoms with Gasteiger partial charge in [-0.1, -0.05) is 39.3 Å². The van der Waals surface area contributed by atoms with Gasteiger partial charge in [0.2, 0.25) is 0 Å². The largest absolute Gasteiger partial charge is 0.335 e. The van der Waals surface area contributed by atoms with Crippen molar-refractivity contribution in [2.45, 2.75) is 18.4 Å². The van der Waals surface area contributed by atoms with Gasteiger partial charge in [-0.2, -0.15) is 0 Å².